The highest BCUT2D eigenvalue weighted by Crippen LogP contribution is 2.24. The molecule has 1 aliphatic carbocycles. The van der Waals surface area contributed by atoms with Gasteiger partial charge in [0.05, 0.1) is 12.7 Å². The highest BCUT2D eigenvalue weighted by atomic mass is 79.9. The summed E-state index contributed by atoms with van der Waals surface area (Å²) in [7, 11) is 0. The summed E-state index contributed by atoms with van der Waals surface area (Å²) in [6.45, 7) is 3.58. The third kappa shape index (κ3) is 5.28. The normalized spacial score (nSPS) is 22.8. The molecular weight excluding hydrogens is 330 g/mol. The number of aliphatic hydroxyl groups excluding tert-OH is 1. The lowest BCUT2D eigenvalue weighted by Gasteiger charge is -2.22. The van der Waals surface area contributed by atoms with E-state index < -0.39 is 0 Å². The zero-order chi connectivity index (χ0) is 15.1. The number of halogens is 1. The van der Waals surface area contributed by atoms with E-state index in [-0.39, 0.29) is 12.1 Å². The first-order valence-corrected chi connectivity index (χ1v) is 8.82. The van der Waals surface area contributed by atoms with Gasteiger partial charge in [-0.3, -0.25) is 0 Å². The average Bonchev–Trinajstić information content (AvgIpc) is 2.68. The first kappa shape index (κ1) is 16.8. The third-order valence-electron chi connectivity index (χ3n) is 4.02. The molecule has 1 saturated carbocycles. The number of benzene rings is 1. The van der Waals surface area contributed by atoms with Gasteiger partial charge in [0.1, 0.15) is 5.75 Å². The summed E-state index contributed by atoms with van der Waals surface area (Å²) in [5.74, 6) is 0.940. The van der Waals surface area contributed by atoms with E-state index in [0.29, 0.717) is 0 Å². The minimum absolute atomic E-state index is 0.200. The number of hydrogen-bond acceptors (Lipinski definition) is 3. The summed E-state index contributed by atoms with van der Waals surface area (Å²) in [6.07, 6.45) is 6.32. The van der Waals surface area contributed by atoms with Crippen molar-refractivity contribution in [1.82, 2.24) is 5.32 Å². The van der Waals surface area contributed by atoms with Crippen molar-refractivity contribution in [2.24, 2.45) is 0 Å². The fourth-order valence-electron chi connectivity index (χ4n) is 2.81. The Morgan fingerprint density at radius 1 is 1.29 bits per heavy atom. The predicted octanol–water partition coefficient (Wildman–Crippen LogP) is 4.02. The molecule has 0 spiro atoms. The molecule has 1 fully saturated rings. The van der Waals surface area contributed by atoms with Gasteiger partial charge in [-0.05, 0) is 37.5 Å². The minimum Gasteiger partial charge on any atom is -0.493 e. The van der Waals surface area contributed by atoms with Crippen LogP contribution in [0.5, 0.6) is 5.75 Å². The lowest BCUT2D eigenvalue weighted by Crippen LogP contribution is -2.38. The fraction of sp³-hybridized carbons (Fsp3) is 0.647. The molecule has 4 heteroatoms. The van der Waals surface area contributed by atoms with Gasteiger partial charge in [-0.1, -0.05) is 42.1 Å². The first-order chi connectivity index (χ1) is 10.2. The third-order valence-corrected chi connectivity index (χ3v) is 4.51. The monoisotopic (exact) mass is 355 g/mol. The SMILES string of the molecule is CCCOc1ccc(Br)cc1CNC1CCCCCC1O. The van der Waals surface area contributed by atoms with Crippen molar-refractivity contribution >= 4 is 15.9 Å². The van der Waals surface area contributed by atoms with E-state index in [4.69, 9.17) is 4.74 Å². The van der Waals surface area contributed by atoms with Crippen molar-refractivity contribution in [3.05, 3.63) is 28.2 Å². The Bertz CT molecular complexity index is 439. The van der Waals surface area contributed by atoms with Crippen LogP contribution in [0.3, 0.4) is 0 Å². The molecule has 0 aliphatic heterocycles. The van der Waals surface area contributed by atoms with Crippen molar-refractivity contribution in [3.63, 3.8) is 0 Å². The number of nitrogens with one attached hydrogen (secondary N) is 1. The summed E-state index contributed by atoms with van der Waals surface area (Å²) in [5.41, 5.74) is 1.15. The van der Waals surface area contributed by atoms with Crippen LogP contribution < -0.4 is 10.1 Å². The van der Waals surface area contributed by atoms with Crippen LogP contribution in [0, 0.1) is 0 Å². The zero-order valence-electron chi connectivity index (χ0n) is 12.8. The Morgan fingerprint density at radius 2 is 2.10 bits per heavy atom. The van der Waals surface area contributed by atoms with Crippen LogP contribution >= 0.6 is 15.9 Å². The second kappa shape index (κ2) is 8.76. The van der Waals surface area contributed by atoms with E-state index in [1.165, 1.54) is 12.8 Å². The molecule has 0 saturated heterocycles. The Kier molecular flexibility index (Phi) is 7.00. The molecule has 0 heterocycles. The van der Waals surface area contributed by atoms with Crippen molar-refractivity contribution in [1.29, 1.82) is 0 Å². The van der Waals surface area contributed by atoms with Gasteiger partial charge in [-0.15, -0.1) is 0 Å². The maximum atomic E-state index is 10.2. The van der Waals surface area contributed by atoms with Crippen LogP contribution in [-0.2, 0) is 6.54 Å². The van der Waals surface area contributed by atoms with Gasteiger partial charge in [-0.25, -0.2) is 0 Å². The summed E-state index contributed by atoms with van der Waals surface area (Å²) >= 11 is 3.52. The highest BCUT2D eigenvalue weighted by molar-refractivity contribution is 9.10. The van der Waals surface area contributed by atoms with Gasteiger partial charge in [0.25, 0.3) is 0 Å². The quantitative estimate of drug-likeness (QED) is 0.757. The average molecular weight is 356 g/mol. The fourth-order valence-corrected chi connectivity index (χ4v) is 3.21. The van der Waals surface area contributed by atoms with Crippen molar-refractivity contribution in [2.45, 2.75) is 64.1 Å². The van der Waals surface area contributed by atoms with Gasteiger partial charge in [0, 0.05) is 22.6 Å². The van der Waals surface area contributed by atoms with Gasteiger partial charge in [0.2, 0.25) is 0 Å². The molecule has 2 unspecified atom stereocenters. The predicted molar refractivity (Wildman–Crippen MR) is 89.6 cm³/mol. The maximum Gasteiger partial charge on any atom is 0.123 e. The Hall–Kier alpha value is -0.580. The maximum absolute atomic E-state index is 10.2. The number of rotatable bonds is 6. The second-order valence-electron chi connectivity index (χ2n) is 5.79. The molecule has 0 amide bonds. The highest BCUT2D eigenvalue weighted by Gasteiger charge is 2.21. The van der Waals surface area contributed by atoms with Crippen LogP contribution in [0.15, 0.2) is 22.7 Å². The molecule has 1 aliphatic rings. The number of aliphatic hydroxyl groups is 1. The van der Waals surface area contributed by atoms with Gasteiger partial charge < -0.3 is 15.2 Å². The summed E-state index contributed by atoms with van der Waals surface area (Å²) in [4.78, 5) is 0. The van der Waals surface area contributed by atoms with E-state index in [0.717, 1.165) is 54.6 Å². The zero-order valence-corrected chi connectivity index (χ0v) is 14.4. The molecule has 118 valence electrons. The smallest absolute Gasteiger partial charge is 0.123 e. The van der Waals surface area contributed by atoms with Crippen LogP contribution in [-0.4, -0.2) is 23.9 Å². The van der Waals surface area contributed by atoms with E-state index in [2.05, 4.69) is 34.2 Å². The van der Waals surface area contributed by atoms with E-state index in [9.17, 15) is 5.11 Å². The van der Waals surface area contributed by atoms with Crippen LogP contribution in [0.4, 0.5) is 0 Å². The van der Waals surface area contributed by atoms with Crippen LogP contribution in [0.2, 0.25) is 0 Å². The molecule has 0 aromatic heterocycles. The van der Waals surface area contributed by atoms with Gasteiger partial charge in [0.15, 0.2) is 0 Å². The largest absolute Gasteiger partial charge is 0.493 e. The van der Waals surface area contributed by atoms with Gasteiger partial charge >= 0.3 is 0 Å². The lowest BCUT2D eigenvalue weighted by atomic mass is 10.1. The first-order valence-electron chi connectivity index (χ1n) is 8.03. The molecule has 0 bridgehead atoms. The molecule has 3 nitrogen and oxygen atoms in total. The molecule has 1 aromatic carbocycles. The lowest BCUT2D eigenvalue weighted by molar-refractivity contribution is 0.119. The van der Waals surface area contributed by atoms with Crippen molar-refractivity contribution in [3.8, 4) is 5.75 Å². The summed E-state index contributed by atoms with van der Waals surface area (Å²) in [6, 6.07) is 6.32. The summed E-state index contributed by atoms with van der Waals surface area (Å²) in [5, 5.41) is 13.7. The molecular formula is C17H26BrNO2. The van der Waals surface area contributed by atoms with Crippen molar-refractivity contribution in [2.75, 3.05) is 6.61 Å². The Morgan fingerprint density at radius 3 is 2.90 bits per heavy atom. The molecule has 21 heavy (non-hydrogen) atoms. The standard InChI is InChI=1S/C17H26BrNO2/c1-2-10-21-17-9-8-14(18)11-13(17)12-19-15-6-4-3-5-7-16(15)20/h8-9,11,15-16,19-20H,2-7,10,12H2,1H3. The number of ether oxygens (including phenoxy) is 1. The Labute approximate surface area is 136 Å². The summed E-state index contributed by atoms with van der Waals surface area (Å²) < 4.78 is 6.87. The molecule has 2 atom stereocenters. The molecule has 1 aromatic rings. The van der Waals surface area contributed by atoms with Crippen molar-refractivity contribution < 1.29 is 9.84 Å². The number of hydrogen-bond donors (Lipinski definition) is 2. The molecule has 2 rings (SSSR count). The minimum atomic E-state index is -0.223. The van der Waals surface area contributed by atoms with Crippen LogP contribution in [0.1, 0.15) is 51.0 Å². The second-order valence-corrected chi connectivity index (χ2v) is 6.71. The Balaban J connectivity index is 1.98. The van der Waals surface area contributed by atoms with E-state index in [1.807, 2.05) is 12.1 Å². The molecule has 0 radical (unpaired) electrons. The van der Waals surface area contributed by atoms with E-state index in [1.54, 1.807) is 0 Å². The topological polar surface area (TPSA) is 41.5 Å². The van der Waals surface area contributed by atoms with E-state index >= 15 is 0 Å². The molecule has 2 N–H and O–H groups in total. The van der Waals surface area contributed by atoms with Crippen LogP contribution in [0.25, 0.3) is 0 Å². The van der Waals surface area contributed by atoms with Gasteiger partial charge in [-0.2, -0.15) is 0 Å².